The Balaban J connectivity index is 2.31. The lowest BCUT2D eigenvalue weighted by Gasteiger charge is -2.22. The SMILES string of the molecule is S=C=NN1CCNCC1. The summed E-state index contributed by atoms with van der Waals surface area (Å²) < 4.78 is 0. The van der Waals surface area contributed by atoms with Crippen molar-refractivity contribution in [1.82, 2.24) is 10.3 Å². The molecule has 1 rings (SSSR count). The molecule has 0 unspecified atom stereocenters. The van der Waals surface area contributed by atoms with Crippen LogP contribution in [-0.4, -0.2) is 36.3 Å². The van der Waals surface area contributed by atoms with Gasteiger partial charge in [-0.3, -0.25) is 5.01 Å². The molecule has 1 fully saturated rings. The van der Waals surface area contributed by atoms with Crippen LogP contribution in [0.2, 0.25) is 0 Å². The van der Waals surface area contributed by atoms with Crippen molar-refractivity contribution in [2.45, 2.75) is 0 Å². The van der Waals surface area contributed by atoms with Crippen molar-refractivity contribution in [3.63, 3.8) is 0 Å². The van der Waals surface area contributed by atoms with Crippen LogP contribution in [0, 0.1) is 0 Å². The Hall–Kier alpha value is -0.440. The van der Waals surface area contributed by atoms with Crippen molar-refractivity contribution in [3.8, 4) is 0 Å². The molecule has 3 nitrogen and oxygen atoms in total. The van der Waals surface area contributed by atoms with Gasteiger partial charge in [-0.15, -0.1) is 5.10 Å². The third-order valence-electron chi connectivity index (χ3n) is 1.28. The first-order valence-electron chi connectivity index (χ1n) is 2.97. The van der Waals surface area contributed by atoms with Gasteiger partial charge in [-0.2, -0.15) is 0 Å². The minimum atomic E-state index is 0.948. The highest BCUT2D eigenvalue weighted by atomic mass is 32.1. The fourth-order valence-corrected chi connectivity index (χ4v) is 0.926. The second kappa shape index (κ2) is 3.56. The monoisotopic (exact) mass is 143 g/mol. The van der Waals surface area contributed by atoms with E-state index in [-0.39, 0.29) is 0 Å². The van der Waals surface area contributed by atoms with Crippen molar-refractivity contribution in [2.24, 2.45) is 5.10 Å². The fraction of sp³-hybridized carbons (Fsp3) is 0.800. The van der Waals surface area contributed by atoms with Gasteiger partial charge >= 0.3 is 0 Å². The van der Waals surface area contributed by atoms with E-state index in [9.17, 15) is 0 Å². The average molecular weight is 143 g/mol. The van der Waals surface area contributed by atoms with Gasteiger partial charge < -0.3 is 5.32 Å². The molecular formula is C5H9N3S. The highest BCUT2D eigenvalue weighted by Crippen LogP contribution is 1.89. The van der Waals surface area contributed by atoms with Crippen LogP contribution < -0.4 is 5.32 Å². The van der Waals surface area contributed by atoms with Crippen LogP contribution in [0.25, 0.3) is 0 Å². The van der Waals surface area contributed by atoms with Crippen LogP contribution in [0.5, 0.6) is 0 Å². The van der Waals surface area contributed by atoms with E-state index in [1.165, 1.54) is 0 Å². The summed E-state index contributed by atoms with van der Waals surface area (Å²) in [7, 11) is 0. The maximum absolute atomic E-state index is 4.45. The Morgan fingerprint density at radius 3 is 2.67 bits per heavy atom. The van der Waals surface area contributed by atoms with Gasteiger partial charge in [0.05, 0.1) is 5.16 Å². The van der Waals surface area contributed by atoms with E-state index >= 15 is 0 Å². The molecule has 9 heavy (non-hydrogen) atoms. The Labute approximate surface area is 59.7 Å². The lowest BCUT2D eigenvalue weighted by molar-refractivity contribution is 0.254. The van der Waals surface area contributed by atoms with Gasteiger partial charge in [0.15, 0.2) is 0 Å². The van der Waals surface area contributed by atoms with Crippen LogP contribution in [0.1, 0.15) is 0 Å². The molecule has 1 saturated heterocycles. The summed E-state index contributed by atoms with van der Waals surface area (Å²) in [6, 6.07) is 0. The number of nitrogens with one attached hydrogen (secondary N) is 1. The first-order chi connectivity index (χ1) is 4.43. The molecule has 0 radical (unpaired) electrons. The summed E-state index contributed by atoms with van der Waals surface area (Å²) in [6.07, 6.45) is 0. The standard InChI is InChI=1S/C5H9N3S/c9-5-7-8-3-1-6-2-4-8/h6H,1-4H2. The highest BCUT2D eigenvalue weighted by molar-refractivity contribution is 7.78. The number of hydrogen-bond donors (Lipinski definition) is 1. The maximum Gasteiger partial charge on any atom is 0.0846 e. The number of isothiocyanates is 1. The van der Waals surface area contributed by atoms with Crippen LogP contribution in [0.3, 0.4) is 0 Å². The third kappa shape index (κ3) is 2.10. The topological polar surface area (TPSA) is 27.6 Å². The first kappa shape index (κ1) is 6.68. The molecule has 0 aliphatic carbocycles. The average Bonchev–Trinajstić information content (AvgIpc) is 1.91. The fourth-order valence-electron chi connectivity index (χ4n) is 0.811. The molecule has 4 heteroatoms. The van der Waals surface area contributed by atoms with Gasteiger partial charge in [0.1, 0.15) is 0 Å². The predicted octanol–water partition coefficient (Wildman–Crippen LogP) is -0.0906. The molecule has 0 aromatic carbocycles. The van der Waals surface area contributed by atoms with Crippen molar-refractivity contribution in [3.05, 3.63) is 0 Å². The molecule has 1 aliphatic heterocycles. The number of hydrazone groups is 1. The Kier molecular flexibility index (Phi) is 2.64. The highest BCUT2D eigenvalue weighted by Gasteiger charge is 2.04. The summed E-state index contributed by atoms with van der Waals surface area (Å²) in [5.74, 6) is 0. The van der Waals surface area contributed by atoms with Crippen LogP contribution in [0.4, 0.5) is 0 Å². The molecule has 0 saturated carbocycles. The van der Waals surface area contributed by atoms with E-state index in [1.54, 1.807) is 0 Å². The van der Waals surface area contributed by atoms with Crippen LogP contribution in [-0.2, 0) is 0 Å². The van der Waals surface area contributed by atoms with E-state index in [0.717, 1.165) is 26.2 Å². The van der Waals surface area contributed by atoms with Crippen molar-refractivity contribution >= 4 is 17.4 Å². The number of thiocarbonyl (C=S) groups is 1. The van der Waals surface area contributed by atoms with E-state index in [0.29, 0.717) is 0 Å². The lowest BCUT2D eigenvalue weighted by Crippen LogP contribution is -2.40. The molecular weight excluding hydrogens is 134 g/mol. The molecule has 1 heterocycles. The zero-order chi connectivity index (χ0) is 6.53. The Morgan fingerprint density at radius 2 is 2.11 bits per heavy atom. The van der Waals surface area contributed by atoms with Gasteiger partial charge in [0.2, 0.25) is 0 Å². The minimum Gasteiger partial charge on any atom is -0.313 e. The summed E-state index contributed by atoms with van der Waals surface area (Å²) in [5, 5.41) is 11.3. The Bertz CT molecular complexity index is 124. The smallest absolute Gasteiger partial charge is 0.0846 e. The van der Waals surface area contributed by atoms with E-state index in [1.807, 2.05) is 5.01 Å². The molecule has 50 valence electrons. The van der Waals surface area contributed by atoms with Crippen LogP contribution in [0.15, 0.2) is 5.10 Å². The molecule has 0 atom stereocenters. The van der Waals surface area contributed by atoms with Gasteiger partial charge in [-0.05, 0) is 12.2 Å². The zero-order valence-electron chi connectivity index (χ0n) is 5.13. The Morgan fingerprint density at radius 1 is 1.44 bits per heavy atom. The molecule has 0 bridgehead atoms. The first-order valence-corrected chi connectivity index (χ1v) is 3.38. The minimum absolute atomic E-state index is 0.948. The van der Waals surface area contributed by atoms with Gasteiger partial charge in [-0.25, -0.2) is 0 Å². The molecule has 0 aromatic rings. The molecule has 0 spiro atoms. The lowest BCUT2D eigenvalue weighted by atomic mass is 10.4. The van der Waals surface area contributed by atoms with Crippen LogP contribution >= 0.6 is 12.2 Å². The summed E-state index contributed by atoms with van der Waals surface area (Å²) in [5.41, 5.74) is 0. The second-order valence-electron chi connectivity index (χ2n) is 1.89. The predicted molar refractivity (Wildman–Crippen MR) is 39.5 cm³/mol. The number of rotatable bonds is 1. The number of hydrogen-bond acceptors (Lipinski definition) is 4. The van der Waals surface area contributed by atoms with Crippen molar-refractivity contribution < 1.29 is 0 Å². The largest absolute Gasteiger partial charge is 0.313 e. The summed E-state index contributed by atoms with van der Waals surface area (Å²) in [6.45, 7) is 3.90. The van der Waals surface area contributed by atoms with Crippen molar-refractivity contribution in [1.29, 1.82) is 0 Å². The van der Waals surface area contributed by atoms with Gasteiger partial charge in [0, 0.05) is 26.2 Å². The van der Waals surface area contributed by atoms with E-state index < -0.39 is 0 Å². The van der Waals surface area contributed by atoms with Crippen molar-refractivity contribution in [2.75, 3.05) is 26.2 Å². The third-order valence-corrected chi connectivity index (χ3v) is 1.36. The summed E-state index contributed by atoms with van der Waals surface area (Å²) in [4.78, 5) is 0. The number of piperazine rings is 1. The maximum atomic E-state index is 4.45. The normalized spacial score (nSPS) is 18.9. The molecule has 0 amide bonds. The molecule has 1 N–H and O–H groups in total. The number of nitrogens with zero attached hydrogens (tertiary/aromatic N) is 2. The second-order valence-corrected chi connectivity index (χ2v) is 2.08. The summed E-state index contributed by atoms with van der Waals surface area (Å²) >= 11 is 4.45. The molecule has 1 aliphatic rings. The van der Waals surface area contributed by atoms with Gasteiger partial charge in [0.25, 0.3) is 0 Å². The van der Waals surface area contributed by atoms with E-state index in [2.05, 4.69) is 27.8 Å². The molecule has 0 aromatic heterocycles. The van der Waals surface area contributed by atoms with E-state index in [4.69, 9.17) is 0 Å². The quantitative estimate of drug-likeness (QED) is 0.410. The zero-order valence-corrected chi connectivity index (χ0v) is 5.95. The van der Waals surface area contributed by atoms with Gasteiger partial charge in [-0.1, -0.05) is 0 Å².